The minimum Gasteiger partial charge on any atom is -0.463 e. The summed E-state index contributed by atoms with van der Waals surface area (Å²) in [6.07, 6.45) is 0. The van der Waals surface area contributed by atoms with E-state index in [9.17, 15) is 14.4 Å². The molecule has 2 aliphatic rings. The molecule has 9 heteroatoms. The first-order chi connectivity index (χ1) is 19.4. The largest absolute Gasteiger partial charge is 0.463 e. The van der Waals surface area contributed by atoms with E-state index in [0.717, 1.165) is 21.3 Å². The van der Waals surface area contributed by atoms with Gasteiger partial charge in [0.25, 0.3) is 11.5 Å². The molecule has 0 saturated heterocycles. The van der Waals surface area contributed by atoms with Crippen LogP contribution in [0.25, 0.3) is 11.3 Å². The SMILES string of the molecule is CCOC(=O)C1=C(c2ccccc2)N=c2s/c(=C3/C(=O)N(CC)c4ccc(Br)cc43)c(=O)n2[C@H]1c1ccccc1. The molecular weight excluding hydrogens is 590 g/mol. The van der Waals surface area contributed by atoms with Crippen molar-refractivity contribution >= 4 is 56.1 Å². The highest BCUT2D eigenvalue weighted by Gasteiger charge is 2.38. The quantitative estimate of drug-likeness (QED) is 0.312. The Labute approximate surface area is 242 Å². The van der Waals surface area contributed by atoms with Gasteiger partial charge in [-0.2, -0.15) is 0 Å². The maximum atomic E-state index is 14.3. The molecule has 0 spiro atoms. The zero-order chi connectivity index (χ0) is 28.0. The standard InChI is InChI=1S/C31H24BrN3O4S/c1-3-34-22-16-15-20(32)17-21(22)23(28(34)36)27-29(37)35-26(19-13-9-6-10-14-19)24(30(38)39-4-2)25(33-31(35)40-27)18-11-7-5-8-12-18/h5-17,26H,3-4H2,1-2H3/b27-23+/t26-/m0/s1. The van der Waals surface area contributed by atoms with Gasteiger partial charge in [0.2, 0.25) is 0 Å². The number of fused-ring (bicyclic) bond motifs is 2. The normalized spacial score (nSPS) is 17.4. The van der Waals surface area contributed by atoms with Gasteiger partial charge in [-0.1, -0.05) is 87.9 Å². The molecule has 0 fully saturated rings. The van der Waals surface area contributed by atoms with E-state index in [2.05, 4.69) is 15.9 Å². The summed E-state index contributed by atoms with van der Waals surface area (Å²) in [4.78, 5) is 48.5. The van der Waals surface area contributed by atoms with Crippen molar-refractivity contribution in [3.05, 3.63) is 125 Å². The number of anilines is 1. The highest BCUT2D eigenvalue weighted by atomic mass is 79.9. The molecule has 0 N–H and O–H groups in total. The number of carbonyl (C=O) groups is 2. The van der Waals surface area contributed by atoms with Gasteiger partial charge in [-0.05, 0) is 37.6 Å². The second-order valence-corrected chi connectivity index (χ2v) is 11.1. The van der Waals surface area contributed by atoms with Gasteiger partial charge in [-0.3, -0.25) is 14.2 Å². The molecular formula is C31H24BrN3O4S. The molecule has 1 amide bonds. The fourth-order valence-corrected chi connectivity index (χ4v) is 6.73. The van der Waals surface area contributed by atoms with Gasteiger partial charge in [-0.25, -0.2) is 9.79 Å². The smallest absolute Gasteiger partial charge is 0.338 e. The minimum absolute atomic E-state index is 0.174. The Morgan fingerprint density at radius 2 is 1.70 bits per heavy atom. The second-order valence-electron chi connectivity index (χ2n) is 9.25. The van der Waals surface area contributed by atoms with Crippen LogP contribution in [0, 0.1) is 0 Å². The summed E-state index contributed by atoms with van der Waals surface area (Å²) in [6.45, 7) is 4.29. The average molecular weight is 615 g/mol. The Hall–Kier alpha value is -4.08. The molecule has 40 heavy (non-hydrogen) atoms. The number of hydrogen-bond donors (Lipinski definition) is 0. The van der Waals surface area contributed by atoms with E-state index >= 15 is 0 Å². The summed E-state index contributed by atoms with van der Waals surface area (Å²) in [7, 11) is 0. The molecule has 0 aliphatic carbocycles. The van der Waals surface area contributed by atoms with Crippen LogP contribution in [0.4, 0.5) is 5.69 Å². The first-order valence-electron chi connectivity index (χ1n) is 12.9. The summed E-state index contributed by atoms with van der Waals surface area (Å²) in [6, 6.07) is 23.6. The molecule has 3 heterocycles. The van der Waals surface area contributed by atoms with E-state index in [1.165, 1.54) is 15.9 Å². The van der Waals surface area contributed by atoms with Crippen LogP contribution < -0.4 is 19.8 Å². The zero-order valence-corrected chi connectivity index (χ0v) is 24.2. The minimum atomic E-state index is -0.790. The number of thiazole rings is 1. The molecule has 4 aromatic rings. The van der Waals surface area contributed by atoms with Crippen molar-refractivity contribution < 1.29 is 14.3 Å². The fraction of sp³-hybridized carbons (Fsp3) is 0.161. The third-order valence-corrected chi connectivity index (χ3v) is 8.53. The number of halogens is 1. The number of likely N-dealkylation sites (N-methyl/N-ethyl adjacent to an activating group) is 1. The van der Waals surface area contributed by atoms with Crippen LogP contribution >= 0.6 is 27.3 Å². The molecule has 6 rings (SSSR count). The van der Waals surface area contributed by atoms with E-state index in [1.807, 2.05) is 85.8 Å². The van der Waals surface area contributed by atoms with E-state index in [1.54, 1.807) is 11.8 Å². The fourth-order valence-electron chi connectivity index (χ4n) is 5.28. The molecule has 2 aliphatic heterocycles. The molecule has 0 radical (unpaired) electrons. The molecule has 200 valence electrons. The van der Waals surface area contributed by atoms with Crippen molar-refractivity contribution in [2.75, 3.05) is 18.1 Å². The van der Waals surface area contributed by atoms with Crippen molar-refractivity contribution in [1.82, 2.24) is 4.57 Å². The highest BCUT2D eigenvalue weighted by molar-refractivity contribution is 9.10. The van der Waals surface area contributed by atoms with Crippen LogP contribution in [0.2, 0.25) is 0 Å². The van der Waals surface area contributed by atoms with Crippen LogP contribution in [0.1, 0.15) is 36.6 Å². The Morgan fingerprint density at radius 1 is 1.00 bits per heavy atom. The van der Waals surface area contributed by atoms with Crippen molar-refractivity contribution in [3.8, 4) is 0 Å². The third-order valence-electron chi connectivity index (χ3n) is 6.99. The number of benzene rings is 3. The number of aromatic nitrogens is 1. The van der Waals surface area contributed by atoms with E-state index < -0.39 is 12.0 Å². The number of nitrogens with zero attached hydrogens (tertiary/aromatic N) is 3. The van der Waals surface area contributed by atoms with Gasteiger partial charge in [-0.15, -0.1) is 0 Å². The number of amides is 1. The maximum absolute atomic E-state index is 14.3. The number of esters is 1. The van der Waals surface area contributed by atoms with Crippen LogP contribution in [-0.2, 0) is 14.3 Å². The van der Waals surface area contributed by atoms with E-state index in [4.69, 9.17) is 9.73 Å². The first kappa shape index (κ1) is 26.2. The monoisotopic (exact) mass is 613 g/mol. The number of hydrogen-bond acceptors (Lipinski definition) is 6. The lowest BCUT2D eigenvalue weighted by Crippen LogP contribution is -2.41. The molecule has 0 saturated carbocycles. The summed E-state index contributed by atoms with van der Waals surface area (Å²) < 4.78 is 8.14. The molecule has 0 bridgehead atoms. The molecule has 1 aromatic heterocycles. The van der Waals surface area contributed by atoms with Crippen molar-refractivity contribution in [2.24, 2.45) is 4.99 Å². The highest BCUT2D eigenvalue weighted by Crippen LogP contribution is 2.38. The second kappa shape index (κ2) is 10.5. The maximum Gasteiger partial charge on any atom is 0.338 e. The lowest BCUT2D eigenvalue weighted by molar-refractivity contribution is -0.138. The van der Waals surface area contributed by atoms with Gasteiger partial charge < -0.3 is 9.64 Å². The van der Waals surface area contributed by atoms with E-state index in [-0.39, 0.29) is 28.2 Å². The van der Waals surface area contributed by atoms with Crippen LogP contribution in [0.5, 0.6) is 0 Å². The Bertz CT molecular complexity index is 1880. The summed E-state index contributed by atoms with van der Waals surface area (Å²) in [5.41, 5.74) is 3.61. The zero-order valence-electron chi connectivity index (χ0n) is 21.8. The van der Waals surface area contributed by atoms with Gasteiger partial charge in [0.1, 0.15) is 4.53 Å². The van der Waals surface area contributed by atoms with Crippen LogP contribution in [0.3, 0.4) is 0 Å². The van der Waals surface area contributed by atoms with Crippen molar-refractivity contribution in [1.29, 1.82) is 0 Å². The van der Waals surface area contributed by atoms with Gasteiger partial charge in [0.05, 0.1) is 35.2 Å². The predicted molar refractivity (Wildman–Crippen MR) is 159 cm³/mol. The summed E-state index contributed by atoms with van der Waals surface area (Å²) >= 11 is 4.68. The Morgan fingerprint density at radius 3 is 2.38 bits per heavy atom. The lowest BCUT2D eigenvalue weighted by Gasteiger charge is -2.25. The topological polar surface area (TPSA) is 81.0 Å². The van der Waals surface area contributed by atoms with Crippen LogP contribution in [-0.4, -0.2) is 29.6 Å². The van der Waals surface area contributed by atoms with Crippen LogP contribution in [0.15, 0.2) is 98.7 Å². The third kappa shape index (κ3) is 4.17. The average Bonchev–Trinajstić information content (AvgIpc) is 3.44. The number of rotatable bonds is 5. The summed E-state index contributed by atoms with van der Waals surface area (Å²) in [5, 5.41) is 0. The number of ether oxygens (including phenoxy) is 1. The Balaban J connectivity index is 1.72. The molecule has 7 nitrogen and oxygen atoms in total. The lowest BCUT2D eigenvalue weighted by atomic mass is 9.93. The predicted octanol–water partition coefficient (Wildman–Crippen LogP) is 4.43. The van der Waals surface area contributed by atoms with Gasteiger partial charge in [0, 0.05) is 22.1 Å². The Kier molecular flexibility index (Phi) is 6.85. The first-order valence-corrected chi connectivity index (χ1v) is 14.5. The van der Waals surface area contributed by atoms with Crippen molar-refractivity contribution in [3.63, 3.8) is 0 Å². The molecule has 0 unspecified atom stereocenters. The summed E-state index contributed by atoms with van der Waals surface area (Å²) in [5.74, 6) is -0.773. The van der Waals surface area contributed by atoms with E-state index in [0.29, 0.717) is 28.2 Å². The van der Waals surface area contributed by atoms with Gasteiger partial charge in [0.15, 0.2) is 4.80 Å². The molecule has 1 atom stereocenters. The van der Waals surface area contributed by atoms with Gasteiger partial charge >= 0.3 is 5.97 Å². The molecule has 3 aromatic carbocycles. The van der Waals surface area contributed by atoms with Crippen molar-refractivity contribution in [2.45, 2.75) is 19.9 Å². The number of carbonyl (C=O) groups excluding carboxylic acids is 2.